The Labute approximate surface area is 352 Å². The van der Waals surface area contributed by atoms with Crippen molar-refractivity contribution in [2.24, 2.45) is 11.5 Å². The summed E-state index contributed by atoms with van der Waals surface area (Å²) in [5, 5.41) is 14.6. The van der Waals surface area contributed by atoms with Crippen LogP contribution in [-0.4, -0.2) is 109 Å². The highest BCUT2D eigenvalue weighted by atomic mass is 32.1. The maximum atomic E-state index is 14.4. The van der Waals surface area contributed by atoms with Gasteiger partial charge in [-0.1, -0.05) is 48.5 Å². The quantitative estimate of drug-likeness (QED) is 0.0223. The number of hydrogen-bond donors (Lipinski definition) is 11. The van der Waals surface area contributed by atoms with Gasteiger partial charge in [-0.2, -0.15) is 12.6 Å². The van der Waals surface area contributed by atoms with E-state index in [9.17, 15) is 28.8 Å². The van der Waals surface area contributed by atoms with Crippen LogP contribution < -0.4 is 38.1 Å². The van der Waals surface area contributed by atoms with E-state index >= 15 is 0 Å². The van der Waals surface area contributed by atoms with E-state index in [1.807, 2.05) is 30.3 Å². The number of aromatic amines is 3. The Balaban J connectivity index is 1.35. The third kappa shape index (κ3) is 13.1. The second-order valence-electron chi connectivity index (χ2n) is 14.4. The number of H-pyrrole nitrogens is 3. The summed E-state index contributed by atoms with van der Waals surface area (Å²) in [6, 6.07) is 9.87. The van der Waals surface area contributed by atoms with Gasteiger partial charge >= 0.3 is 0 Å². The van der Waals surface area contributed by atoms with Gasteiger partial charge in [-0.05, 0) is 43.0 Å². The van der Waals surface area contributed by atoms with E-state index in [0.717, 1.165) is 16.5 Å². The molecule has 0 aliphatic heterocycles. The van der Waals surface area contributed by atoms with E-state index in [2.05, 4.69) is 64.1 Å². The minimum absolute atomic E-state index is 0.0314. The van der Waals surface area contributed by atoms with Crippen LogP contribution in [0.15, 0.2) is 85.8 Å². The van der Waals surface area contributed by atoms with Crippen molar-refractivity contribution in [3.8, 4) is 0 Å². The molecule has 0 saturated carbocycles. The van der Waals surface area contributed by atoms with Gasteiger partial charge in [-0.25, -0.2) is 9.97 Å². The van der Waals surface area contributed by atoms with E-state index in [1.165, 1.54) is 18.9 Å². The number of hydrogen-bond acceptors (Lipinski definition) is 11. The Hall–Kier alpha value is -6.31. The summed E-state index contributed by atoms with van der Waals surface area (Å²) >= 11 is 4.27. The van der Waals surface area contributed by atoms with E-state index < -0.39 is 65.8 Å². The first kappa shape index (κ1) is 44.8. The molecule has 2 aromatic carbocycles. The Kier molecular flexibility index (Phi) is 17.0. The lowest BCUT2D eigenvalue weighted by Gasteiger charge is -2.27. The first-order valence-electron chi connectivity index (χ1n) is 19.7. The van der Waals surface area contributed by atoms with Gasteiger partial charge < -0.3 is 57.8 Å². The number of nitrogens with two attached hydrogens (primary N) is 2. The van der Waals surface area contributed by atoms with Crippen molar-refractivity contribution in [1.82, 2.24) is 51.5 Å². The fourth-order valence-electron chi connectivity index (χ4n) is 6.62. The van der Waals surface area contributed by atoms with Crippen molar-refractivity contribution < 1.29 is 28.8 Å². The number of benzene rings is 2. The average Bonchev–Trinajstić information content (AvgIpc) is 4.06. The summed E-state index contributed by atoms with van der Waals surface area (Å²) in [7, 11) is 0. The number of carbonyl (C=O) groups is 6. The molecule has 18 nitrogen and oxygen atoms in total. The number of amides is 5. The number of nitrogens with one attached hydrogen (secondary N) is 8. The van der Waals surface area contributed by atoms with Crippen LogP contribution in [0.4, 0.5) is 0 Å². The van der Waals surface area contributed by atoms with E-state index in [0.29, 0.717) is 42.6 Å². The van der Waals surface area contributed by atoms with Crippen LogP contribution in [0.3, 0.4) is 0 Å². The van der Waals surface area contributed by atoms with Crippen LogP contribution in [0.5, 0.6) is 0 Å². The van der Waals surface area contributed by atoms with Gasteiger partial charge in [-0.3, -0.25) is 24.0 Å². The summed E-state index contributed by atoms with van der Waals surface area (Å²) in [4.78, 5) is 98.1. The first-order valence-corrected chi connectivity index (χ1v) is 20.3. The normalized spacial score (nSPS) is 14.2. The van der Waals surface area contributed by atoms with Crippen LogP contribution >= 0.6 is 12.6 Å². The number of nitrogens with zero attached hydrogens (tertiary/aromatic N) is 2. The fraction of sp³-hybridized carbons (Fsp3) is 0.366. The molecule has 0 radical (unpaired) electrons. The van der Waals surface area contributed by atoms with Crippen LogP contribution in [0.1, 0.15) is 41.8 Å². The molecule has 60 heavy (non-hydrogen) atoms. The van der Waals surface area contributed by atoms with Gasteiger partial charge in [0.25, 0.3) is 0 Å². The minimum atomic E-state index is -1.22. The monoisotopic (exact) mass is 840 g/mol. The number of para-hydroxylation sites is 1. The maximum Gasteiger partial charge on any atom is 0.244 e. The number of rotatable bonds is 24. The smallest absolute Gasteiger partial charge is 0.244 e. The van der Waals surface area contributed by atoms with Gasteiger partial charge in [0.1, 0.15) is 30.5 Å². The van der Waals surface area contributed by atoms with Crippen LogP contribution in [0.2, 0.25) is 0 Å². The summed E-state index contributed by atoms with van der Waals surface area (Å²) in [6.45, 7) is 0.345. The van der Waals surface area contributed by atoms with Crippen molar-refractivity contribution in [2.45, 2.75) is 81.2 Å². The summed E-state index contributed by atoms with van der Waals surface area (Å²) in [5.74, 6) is -3.35. The van der Waals surface area contributed by atoms with Crippen LogP contribution in [0, 0.1) is 0 Å². The fourth-order valence-corrected chi connectivity index (χ4v) is 6.87. The zero-order chi connectivity index (χ0) is 42.9. The first-order chi connectivity index (χ1) is 29.1. The molecule has 5 rings (SSSR count). The third-order valence-corrected chi connectivity index (χ3v) is 10.2. The molecule has 0 spiro atoms. The summed E-state index contributed by atoms with van der Waals surface area (Å²) in [5.41, 5.74) is 15.4. The van der Waals surface area contributed by atoms with Crippen molar-refractivity contribution >= 4 is 59.4 Å². The molecule has 318 valence electrons. The SMILES string of the molecule is NCCCC[C@H](NC(=O)[C@H](CS)NC(=O)[C@@H](N)Cc1cnc[nH]1)C(=O)N[C@@H](Cc1ccccc1)C(=O)N[C@@H](Cc1c[nH]c2ccccc12)C(=O)N[C@H](C=O)Cc1cnc[nH]1. The average molecular weight is 841 g/mol. The highest BCUT2D eigenvalue weighted by Crippen LogP contribution is 2.20. The second-order valence-corrected chi connectivity index (χ2v) is 14.7. The molecule has 0 aliphatic carbocycles. The zero-order valence-corrected chi connectivity index (χ0v) is 33.8. The van der Waals surface area contributed by atoms with Crippen molar-refractivity contribution in [2.75, 3.05) is 12.3 Å². The largest absolute Gasteiger partial charge is 0.361 e. The minimum Gasteiger partial charge on any atom is -0.361 e. The molecule has 12 N–H and O–H groups in total. The number of imidazole rings is 2. The number of fused-ring (bicyclic) bond motifs is 1. The number of thiol groups is 1. The maximum absolute atomic E-state index is 14.4. The predicted molar refractivity (Wildman–Crippen MR) is 227 cm³/mol. The third-order valence-electron chi connectivity index (χ3n) is 9.86. The van der Waals surface area contributed by atoms with Crippen molar-refractivity contribution in [3.05, 3.63) is 108 Å². The molecule has 19 heteroatoms. The Morgan fingerprint density at radius 2 is 1.25 bits per heavy atom. The number of aromatic nitrogens is 5. The predicted octanol–water partition coefficient (Wildman–Crippen LogP) is -0.106. The second kappa shape index (κ2) is 22.7. The summed E-state index contributed by atoms with van der Waals surface area (Å²) in [6.07, 6.45) is 9.92. The molecule has 5 amide bonds. The Morgan fingerprint density at radius 3 is 1.90 bits per heavy atom. The van der Waals surface area contributed by atoms with Crippen molar-refractivity contribution in [1.29, 1.82) is 0 Å². The van der Waals surface area contributed by atoms with Gasteiger partial charge in [-0.15, -0.1) is 0 Å². The molecule has 6 atom stereocenters. The molecule has 0 fully saturated rings. The number of carbonyl (C=O) groups excluding carboxylic acids is 6. The van der Waals surface area contributed by atoms with Crippen LogP contribution in [0.25, 0.3) is 10.9 Å². The molecule has 0 aliphatic rings. The Morgan fingerprint density at radius 1 is 0.667 bits per heavy atom. The van der Waals surface area contributed by atoms with Gasteiger partial charge in [0.05, 0.1) is 24.7 Å². The zero-order valence-electron chi connectivity index (χ0n) is 32.9. The van der Waals surface area contributed by atoms with E-state index in [-0.39, 0.29) is 37.9 Å². The molecule has 5 aromatic rings. The van der Waals surface area contributed by atoms with Gasteiger partial charge in [0, 0.05) is 72.3 Å². The van der Waals surface area contributed by atoms with Crippen LogP contribution in [-0.2, 0) is 54.5 Å². The molecule has 0 unspecified atom stereocenters. The molecule has 0 saturated heterocycles. The van der Waals surface area contributed by atoms with Gasteiger partial charge in [0.15, 0.2) is 0 Å². The van der Waals surface area contributed by atoms with E-state index in [1.54, 1.807) is 36.7 Å². The number of aldehydes is 1. The molecule has 0 bridgehead atoms. The molecule has 3 heterocycles. The molecule has 3 aromatic heterocycles. The standard InChI is InChI=1S/C41H52N12O6S/c42-13-7-6-12-33(50-41(59)36(22-60)53-37(55)31(43)17-28-20-45-24-48-28)38(56)51-34(14-25-8-2-1-3-9-25)40(58)52-35(15-26-18-46-32-11-5-4-10-30(26)32)39(57)49-29(21-54)16-27-19-44-23-47-27/h1-5,8-11,18-21,23-24,29,31,33-36,46,60H,6-7,12-17,22,42-43H2,(H,44,47)(H,45,48)(H,49,57)(H,50,59)(H,51,56)(H,52,58)(H,53,55)/t29-,31-,33-,34-,35-,36-/m0/s1. The highest BCUT2D eigenvalue weighted by molar-refractivity contribution is 7.80. The van der Waals surface area contributed by atoms with Crippen molar-refractivity contribution in [3.63, 3.8) is 0 Å². The summed E-state index contributed by atoms with van der Waals surface area (Å²) < 4.78 is 0. The van der Waals surface area contributed by atoms with Gasteiger partial charge in [0.2, 0.25) is 29.5 Å². The topological polar surface area (TPSA) is 288 Å². The Bertz CT molecular complexity index is 2150. The van der Waals surface area contributed by atoms with E-state index in [4.69, 9.17) is 11.5 Å². The highest BCUT2D eigenvalue weighted by Gasteiger charge is 2.33. The molecular formula is C41H52N12O6S. The lowest BCUT2D eigenvalue weighted by atomic mass is 10.0. The number of unbranched alkanes of at least 4 members (excludes halogenated alkanes) is 1. The molecular weight excluding hydrogens is 789 g/mol. The lowest BCUT2D eigenvalue weighted by Crippen LogP contribution is -2.60. The lowest BCUT2D eigenvalue weighted by molar-refractivity contribution is -0.134.